The summed E-state index contributed by atoms with van der Waals surface area (Å²) >= 11 is 3.00. The standard InChI is InChI=1S/C15H14BrF4N3O2/c1-14(2,3)25-13(24)22-10-7-21-23(12(10)15(18,19)20)11-5-4-8(17)6-9(11)16/h4-7H,1-3H3,(H,22,24). The van der Waals surface area contributed by atoms with Crippen molar-refractivity contribution in [2.24, 2.45) is 0 Å². The highest BCUT2D eigenvalue weighted by Crippen LogP contribution is 2.37. The molecule has 0 saturated carbocycles. The molecular formula is C15H14BrF4N3O2. The van der Waals surface area contributed by atoms with E-state index >= 15 is 0 Å². The maximum absolute atomic E-state index is 13.5. The number of amides is 1. The van der Waals surface area contributed by atoms with Crippen molar-refractivity contribution in [3.05, 3.63) is 40.4 Å². The molecule has 1 amide bonds. The summed E-state index contributed by atoms with van der Waals surface area (Å²) in [7, 11) is 0. The van der Waals surface area contributed by atoms with E-state index in [4.69, 9.17) is 4.74 Å². The second kappa shape index (κ2) is 6.66. The number of hydrogen-bond acceptors (Lipinski definition) is 3. The third-order valence-electron chi connectivity index (χ3n) is 2.81. The fourth-order valence-electron chi connectivity index (χ4n) is 1.96. The molecule has 10 heteroatoms. The van der Waals surface area contributed by atoms with Crippen LogP contribution in [0.5, 0.6) is 0 Å². The number of carbonyl (C=O) groups excluding carboxylic acids is 1. The fourth-order valence-corrected chi connectivity index (χ4v) is 2.48. The first-order chi connectivity index (χ1) is 11.4. The van der Waals surface area contributed by atoms with Gasteiger partial charge in [0.25, 0.3) is 0 Å². The molecule has 5 nitrogen and oxygen atoms in total. The summed E-state index contributed by atoms with van der Waals surface area (Å²) in [5.41, 5.74) is -2.70. The molecule has 2 rings (SSSR count). The molecule has 1 aromatic carbocycles. The van der Waals surface area contributed by atoms with Gasteiger partial charge >= 0.3 is 12.3 Å². The molecule has 1 aromatic heterocycles. The summed E-state index contributed by atoms with van der Waals surface area (Å²) in [4.78, 5) is 11.8. The molecule has 0 spiro atoms. The minimum absolute atomic E-state index is 0.0361. The normalized spacial score (nSPS) is 12.2. The Balaban J connectivity index is 2.47. The average molecular weight is 424 g/mol. The Morgan fingerprint density at radius 3 is 2.44 bits per heavy atom. The van der Waals surface area contributed by atoms with E-state index in [1.807, 2.05) is 5.32 Å². The highest BCUT2D eigenvalue weighted by Gasteiger charge is 2.40. The van der Waals surface area contributed by atoms with Crippen molar-refractivity contribution in [1.82, 2.24) is 9.78 Å². The Labute approximate surface area is 149 Å². The second-order valence-electron chi connectivity index (χ2n) is 6.04. The van der Waals surface area contributed by atoms with Gasteiger partial charge in [0.05, 0.1) is 17.6 Å². The average Bonchev–Trinajstić information content (AvgIpc) is 2.79. The van der Waals surface area contributed by atoms with Gasteiger partial charge in [0, 0.05) is 4.47 Å². The Bertz CT molecular complexity index is 797. The van der Waals surface area contributed by atoms with Gasteiger partial charge in [0.15, 0.2) is 5.69 Å². The van der Waals surface area contributed by atoms with Crippen LogP contribution < -0.4 is 5.32 Å². The molecule has 0 saturated heterocycles. The topological polar surface area (TPSA) is 56.1 Å². The molecule has 2 aromatic rings. The number of nitrogens with one attached hydrogen (secondary N) is 1. The molecule has 0 aliphatic carbocycles. The molecule has 136 valence electrons. The van der Waals surface area contributed by atoms with Gasteiger partial charge in [-0.15, -0.1) is 0 Å². The minimum atomic E-state index is -4.82. The molecule has 0 aliphatic rings. The summed E-state index contributed by atoms with van der Waals surface area (Å²) in [6, 6.07) is 3.15. The van der Waals surface area contributed by atoms with Gasteiger partial charge in [-0.2, -0.15) is 18.3 Å². The predicted molar refractivity (Wildman–Crippen MR) is 86.1 cm³/mol. The zero-order valence-corrected chi connectivity index (χ0v) is 15.0. The van der Waals surface area contributed by atoms with E-state index in [0.29, 0.717) is 4.68 Å². The van der Waals surface area contributed by atoms with Gasteiger partial charge in [0.1, 0.15) is 11.4 Å². The SMILES string of the molecule is CC(C)(C)OC(=O)Nc1cnn(-c2ccc(F)cc2Br)c1C(F)(F)F. The summed E-state index contributed by atoms with van der Waals surface area (Å²) in [6.07, 6.45) is -5.02. The summed E-state index contributed by atoms with van der Waals surface area (Å²) in [5.74, 6) is -0.622. The van der Waals surface area contributed by atoms with Crippen molar-refractivity contribution >= 4 is 27.7 Å². The number of carbonyl (C=O) groups is 1. The van der Waals surface area contributed by atoms with Crippen LogP contribution in [0.1, 0.15) is 26.5 Å². The van der Waals surface area contributed by atoms with Crippen LogP contribution in [0.25, 0.3) is 5.69 Å². The molecule has 1 heterocycles. The van der Waals surface area contributed by atoms with E-state index in [1.54, 1.807) is 20.8 Å². The number of rotatable bonds is 2. The Morgan fingerprint density at radius 2 is 1.92 bits per heavy atom. The third-order valence-corrected chi connectivity index (χ3v) is 3.45. The van der Waals surface area contributed by atoms with Crippen molar-refractivity contribution in [2.75, 3.05) is 5.32 Å². The number of anilines is 1. The van der Waals surface area contributed by atoms with Crippen molar-refractivity contribution < 1.29 is 27.1 Å². The van der Waals surface area contributed by atoms with Gasteiger partial charge in [-0.3, -0.25) is 5.32 Å². The zero-order valence-electron chi connectivity index (χ0n) is 13.4. The lowest BCUT2D eigenvalue weighted by Crippen LogP contribution is -2.28. The van der Waals surface area contributed by atoms with Crippen LogP contribution in [0.4, 0.5) is 28.0 Å². The van der Waals surface area contributed by atoms with E-state index in [0.717, 1.165) is 24.4 Å². The highest BCUT2D eigenvalue weighted by atomic mass is 79.9. The van der Waals surface area contributed by atoms with Crippen molar-refractivity contribution in [2.45, 2.75) is 32.5 Å². The van der Waals surface area contributed by atoms with Crippen LogP contribution in [-0.4, -0.2) is 21.5 Å². The van der Waals surface area contributed by atoms with Gasteiger partial charge in [0.2, 0.25) is 0 Å². The van der Waals surface area contributed by atoms with Gasteiger partial charge in [-0.05, 0) is 54.9 Å². The number of alkyl halides is 3. The fraction of sp³-hybridized carbons (Fsp3) is 0.333. The maximum atomic E-state index is 13.5. The van der Waals surface area contributed by atoms with Crippen LogP contribution in [0.2, 0.25) is 0 Å². The van der Waals surface area contributed by atoms with E-state index in [2.05, 4.69) is 21.0 Å². The number of aromatic nitrogens is 2. The minimum Gasteiger partial charge on any atom is -0.444 e. The molecule has 0 aliphatic heterocycles. The zero-order chi connectivity index (χ0) is 19.0. The van der Waals surface area contributed by atoms with Crippen molar-refractivity contribution in [3.63, 3.8) is 0 Å². The van der Waals surface area contributed by atoms with Gasteiger partial charge in [-0.1, -0.05) is 0 Å². The Morgan fingerprint density at radius 1 is 1.28 bits per heavy atom. The van der Waals surface area contributed by atoms with E-state index in [1.165, 1.54) is 0 Å². The van der Waals surface area contributed by atoms with Gasteiger partial charge < -0.3 is 4.74 Å². The lowest BCUT2D eigenvalue weighted by atomic mass is 10.2. The lowest BCUT2D eigenvalue weighted by Gasteiger charge is -2.20. The van der Waals surface area contributed by atoms with E-state index in [9.17, 15) is 22.4 Å². The lowest BCUT2D eigenvalue weighted by molar-refractivity contribution is -0.142. The highest BCUT2D eigenvalue weighted by molar-refractivity contribution is 9.10. The first kappa shape index (κ1) is 19.2. The molecule has 1 N–H and O–H groups in total. The number of benzene rings is 1. The van der Waals surface area contributed by atoms with Crippen molar-refractivity contribution in [3.8, 4) is 5.69 Å². The molecule has 0 bridgehead atoms. The van der Waals surface area contributed by atoms with Gasteiger partial charge in [-0.25, -0.2) is 13.9 Å². The van der Waals surface area contributed by atoms with Crippen LogP contribution in [-0.2, 0) is 10.9 Å². The smallest absolute Gasteiger partial charge is 0.435 e. The number of nitrogens with zero attached hydrogens (tertiary/aromatic N) is 2. The second-order valence-corrected chi connectivity index (χ2v) is 6.89. The van der Waals surface area contributed by atoms with E-state index < -0.39 is 35.1 Å². The largest absolute Gasteiger partial charge is 0.444 e. The third kappa shape index (κ3) is 4.71. The molecule has 0 radical (unpaired) electrons. The Kier molecular flexibility index (Phi) is 5.12. The van der Waals surface area contributed by atoms with Crippen LogP contribution in [0.15, 0.2) is 28.9 Å². The number of ether oxygens (including phenoxy) is 1. The van der Waals surface area contributed by atoms with Crippen molar-refractivity contribution in [1.29, 1.82) is 0 Å². The molecule has 0 atom stereocenters. The van der Waals surface area contributed by atoms with Crippen LogP contribution >= 0.6 is 15.9 Å². The molecule has 25 heavy (non-hydrogen) atoms. The number of hydrogen-bond donors (Lipinski definition) is 1. The number of halogens is 5. The quantitative estimate of drug-likeness (QED) is 0.680. The summed E-state index contributed by atoms with van der Waals surface area (Å²) in [6.45, 7) is 4.74. The van der Waals surface area contributed by atoms with Crippen LogP contribution in [0.3, 0.4) is 0 Å². The summed E-state index contributed by atoms with van der Waals surface area (Å²) in [5, 5.41) is 5.71. The maximum Gasteiger partial charge on any atom is 0.435 e. The molecule has 0 fully saturated rings. The van der Waals surface area contributed by atoms with E-state index in [-0.39, 0.29) is 10.2 Å². The predicted octanol–water partition coefficient (Wildman–Crippen LogP) is 5.14. The van der Waals surface area contributed by atoms with Crippen LogP contribution in [0, 0.1) is 5.82 Å². The first-order valence-corrected chi connectivity index (χ1v) is 7.78. The monoisotopic (exact) mass is 423 g/mol. The summed E-state index contributed by atoms with van der Waals surface area (Å²) < 4.78 is 59.2. The molecular weight excluding hydrogens is 410 g/mol. The Hall–Kier alpha value is -2.10. The molecule has 0 unspecified atom stereocenters. The first-order valence-electron chi connectivity index (χ1n) is 6.99.